The monoisotopic (exact) mass is 570 g/mol. The lowest BCUT2D eigenvalue weighted by Gasteiger charge is -2.17. The minimum atomic E-state index is -5.07. The van der Waals surface area contributed by atoms with E-state index >= 15 is 0 Å². The van der Waals surface area contributed by atoms with Crippen molar-refractivity contribution in [2.45, 2.75) is 22.9 Å². The molecule has 0 bridgehead atoms. The highest BCUT2D eigenvalue weighted by molar-refractivity contribution is 8.00. The van der Waals surface area contributed by atoms with E-state index in [-0.39, 0.29) is 32.0 Å². The summed E-state index contributed by atoms with van der Waals surface area (Å²) in [5.41, 5.74) is 8.05. The Morgan fingerprint density at radius 1 is 1.32 bits per heavy atom. The van der Waals surface area contributed by atoms with Gasteiger partial charge in [0.05, 0.1) is 21.3 Å². The van der Waals surface area contributed by atoms with Gasteiger partial charge in [-0.1, -0.05) is 12.1 Å². The number of rotatable bonds is 8. The Bertz CT molecular complexity index is 1320. The SMILES string of the molecule is CSc1sc(C(=N)N)cc1-c1nc(-c2cccc(OCC(=O)N3CCC(OC(=O)C(F)(F)F)C3)c2)cs1. The smallest absolute Gasteiger partial charge is 0.484 e. The fraction of sp³-hybridized carbons (Fsp3) is 0.304. The zero-order valence-corrected chi connectivity index (χ0v) is 21.8. The first-order chi connectivity index (χ1) is 17.5. The molecule has 0 spiro atoms. The number of alkyl halides is 3. The van der Waals surface area contributed by atoms with Crippen molar-refractivity contribution in [1.82, 2.24) is 9.88 Å². The Morgan fingerprint density at radius 3 is 2.81 bits per heavy atom. The van der Waals surface area contributed by atoms with Crippen molar-refractivity contribution in [1.29, 1.82) is 5.41 Å². The number of carbonyl (C=O) groups excluding carboxylic acids is 2. The van der Waals surface area contributed by atoms with Gasteiger partial charge in [0.1, 0.15) is 22.7 Å². The van der Waals surface area contributed by atoms with E-state index in [1.165, 1.54) is 27.6 Å². The van der Waals surface area contributed by atoms with Crippen LogP contribution in [0.5, 0.6) is 5.75 Å². The van der Waals surface area contributed by atoms with Crippen LogP contribution in [0.15, 0.2) is 39.9 Å². The molecule has 1 saturated heterocycles. The molecule has 3 N–H and O–H groups in total. The standard InChI is InChI=1S/C23H21F3N4O4S3/c1-35-21-15(8-17(37-21)19(27)28)20-29-16(11-36-20)12-3-2-4-13(7-12)33-10-18(31)30-6-5-14(9-30)34-22(32)23(24,25)26/h2-4,7-8,11,14H,5-6,9-10H2,1H3,(H3,27,28). The molecule has 196 valence electrons. The van der Waals surface area contributed by atoms with Gasteiger partial charge in [0.2, 0.25) is 0 Å². The van der Waals surface area contributed by atoms with E-state index in [0.29, 0.717) is 16.3 Å². The van der Waals surface area contributed by atoms with Gasteiger partial charge in [-0.05, 0) is 24.5 Å². The molecule has 1 aliphatic rings. The molecule has 0 radical (unpaired) electrons. The number of likely N-dealkylation sites (tertiary alicyclic amines) is 1. The predicted molar refractivity (Wildman–Crippen MR) is 136 cm³/mol. The average Bonchev–Trinajstić information content (AvgIpc) is 3.61. The van der Waals surface area contributed by atoms with Crippen LogP contribution in [0.4, 0.5) is 13.2 Å². The van der Waals surface area contributed by atoms with Crippen molar-refractivity contribution in [2.75, 3.05) is 26.0 Å². The Hall–Kier alpha value is -3.10. The number of nitrogens with two attached hydrogens (primary N) is 1. The second kappa shape index (κ2) is 11.1. The summed E-state index contributed by atoms with van der Waals surface area (Å²) < 4.78 is 48.2. The molecule has 14 heteroatoms. The summed E-state index contributed by atoms with van der Waals surface area (Å²) >= 11 is 4.47. The summed E-state index contributed by atoms with van der Waals surface area (Å²) in [6.07, 6.45) is -3.98. The Morgan fingerprint density at radius 2 is 2.11 bits per heavy atom. The predicted octanol–water partition coefficient (Wildman–Crippen LogP) is 4.63. The number of halogens is 3. The fourth-order valence-electron chi connectivity index (χ4n) is 3.59. The summed E-state index contributed by atoms with van der Waals surface area (Å²) in [7, 11) is 0. The molecule has 1 amide bonds. The number of aromatic nitrogens is 1. The van der Waals surface area contributed by atoms with Crippen LogP contribution in [0.3, 0.4) is 0 Å². The number of hydrogen-bond acceptors (Lipinski definition) is 9. The average molecular weight is 571 g/mol. The van der Waals surface area contributed by atoms with Crippen molar-refractivity contribution >= 4 is 52.1 Å². The summed E-state index contributed by atoms with van der Waals surface area (Å²) in [5.74, 6) is -2.24. The summed E-state index contributed by atoms with van der Waals surface area (Å²) in [6, 6.07) is 8.92. The summed E-state index contributed by atoms with van der Waals surface area (Å²) in [6.45, 7) is -0.255. The third-order valence-corrected chi connectivity index (χ3v) is 8.56. The van der Waals surface area contributed by atoms with Crippen LogP contribution in [0, 0.1) is 5.41 Å². The van der Waals surface area contributed by atoms with Crippen LogP contribution in [0.1, 0.15) is 11.3 Å². The molecule has 4 rings (SSSR count). The normalized spacial score (nSPS) is 15.6. The van der Waals surface area contributed by atoms with Gasteiger partial charge in [-0.15, -0.1) is 34.4 Å². The zero-order chi connectivity index (χ0) is 26.7. The number of nitrogen functional groups attached to an aromatic ring is 1. The minimum Gasteiger partial charge on any atom is -0.484 e. The van der Waals surface area contributed by atoms with Crippen LogP contribution in [0.2, 0.25) is 0 Å². The number of esters is 1. The number of thiophene rings is 1. The van der Waals surface area contributed by atoms with Gasteiger partial charge in [-0.3, -0.25) is 10.2 Å². The maximum Gasteiger partial charge on any atom is 0.490 e. The summed E-state index contributed by atoms with van der Waals surface area (Å²) in [5, 5.41) is 10.4. The number of amidine groups is 1. The van der Waals surface area contributed by atoms with Gasteiger partial charge in [0, 0.05) is 29.5 Å². The van der Waals surface area contributed by atoms with Crippen molar-refractivity contribution in [3.05, 3.63) is 40.6 Å². The number of ether oxygens (including phenoxy) is 2. The van der Waals surface area contributed by atoms with Crippen molar-refractivity contribution in [3.8, 4) is 27.6 Å². The first-order valence-corrected chi connectivity index (χ1v) is 13.7. The molecular formula is C23H21F3N4O4S3. The van der Waals surface area contributed by atoms with Gasteiger partial charge in [0.25, 0.3) is 5.91 Å². The van der Waals surface area contributed by atoms with E-state index in [1.807, 2.05) is 23.8 Å². The molecule has 1 aromatic carbocycles. The Balaban J connectivity index is 1.37. The minimum absolute atomic E-state index is 0.00880. The zero-order valence-electron chi connectivity index (χ0n) is 19.3. The number of carbonyl (C=O) groups is 2. The van der Waals surface area contributed by atoms with Crippen LogP contribution < -0.4 is 10.5 Å². The van der Waals surface area contributed by atoms with Crippen molar-refractivity contribution < 1.29 is 32.2 Å². The van der Waals surface area contributed by atoms with Gasteiger partial charge in [-0.25, -0.2) is 9.78 Å². The maximum atomic E-state index is 12.5. The van der Waals surface area contributed by atoms with Gasteiger partial charge >= 0.3 is 12.1 Å². The number of thioether (sulfide) groups is 1. The number of hydrogen-bond donors (Lipinski definition) is 2. The van der Waals surface area contributed by atoms with Crippen LogP contribution >= 0.6 is 34.4 Å². The van der Waals surface area contributed by atoms with E-state index in [9.17, 15) is 22.8 Å². The molecule has 1 atom stereocenters. The maximum absolute atomic E-state index is 12.5. The second-order valence-corrected chi connectivity index (χ2v) is 10.9. The van der Waals surface area contributed by atoms with Gasteiger partial charge in [0.15, 0.2) is 6.61 Å². The highest BCUT2D eigenvalue weighted by Gasteiger charge is 2.43. The molecule has 1 aliphatic heterocycles. The quantitative estimate of drug-likeness (QED) is 0.175. The second-order valence-electron chi connectivity index (χ2n) is 7.94. The molecule has 37 heavy (non-hydrogen) atoms. The first kappa shape index (κ1) is 26.9. The third kappa shape index (κ3) is 6.43. The van der Waals surface area contributed by atoms with E-state index in [0.717, 1.165) is 20.3 Å². The summed E-state index contributed by atoms with van der Waals surface area (Å²) in [4.78, 5) is 30.2. The largest absolute Gasteiger partial charge is 0.490 e. The van der Waals surface area contributed by atoms with Crippen molar-refractivity contribution in [3.63, 3.8) is 0 Å². The molecule has 1 unspecified atom stereocenters. The number of thiazole rings is 1. The molecule has 8 nitrogen and oxygen atoms in total. The van der Waals surface area contributed by atoms with E-state index < -0.39 is 24.2 Å². The number of nitrogens with one attached hydrogen (secondary N) is 1. The topological polar surface area (TPSA) is 119 Å². The lowest BCUT2D eigenvalue weighted by atomic mass is 10.1. The molecule has 0 aliphatic carbocycles. The molecule has 1 fully saturated rings. The first-order valence-electron chi connectivity index (χ1n) is 10.8. The molecular weight excluding hydrogens is 549 g/mol. The lowest BCUT2D eigenvalue weighted by molar-refractivity contribution is -0.204. The number of benzene rings is 1. The number of nitrogens with zero attached hydrogens (tertiary/aromatic N) is 2. The third-order valence-electron chi connectivity index (χ3n) is 5.38. The van der Waals surface area contributed by atoms with E-state index in [4.69, 9.17) is 20.9 Å². The Kier molecular flexibility index (Phi) is 8.09. The van der Waals surface area contributed by atoms with E-state index in [1.54, 1.807) is 30.0 Å². The molecule has 3 aromatic rings. The highest BCUT2D eigenvalue weighted by atomic mass is 32.2. The van der Waals surface area contributed by atoms with Gasteiger partial charge in [-0.2, -0.15) is 13.2 Å². The molecule has 3 heterocycles. The number of amides is 1. The Labute approximate surface area is 222 Å². The lowest BCUT2D eigenvalue weighted by Crippen LogP contribution is -2.36. The van der Waals surface area contributed by atoms with Crippen LogP contribution in [-0.4, -0.2) is 65.8 Å². The fourth-order valence-corrected chi connectivity index (χ4v) is 6.30. The van der Waals surface area contributed by atoms with Crippen LogP contribution in [-0.2, 0) is 14.3 Å². The van der Waals surface area contributed by atoms with Gasteiger partial charge < -0.3 is 20.1 Å². The van der Waals surface area contributed by atoms with Crippen LogP contribution in [0.25, 0.3) is 21.8 Å². The highest BCUT2D eigenvalue weighted by Crippen LogP contribution is 2.40. The molecule has 2 aromatic heterocycles. The van der Waals surface area contributed by atoms with Crippen molar-refractivity contribution in [2.24, 2.45) is 5.73 Å². The molecule has 0 saturated carbocycles. The van der Waals surface area contributed by atoms with E-state index in [2.05, 4.69) is 4.74 Å².